The van der Waals surface area contributed by atoms with Crippen LogP contribution in [0.1, 0.15) is 57.6 Å². The molecule has 9 heteroatoms. The summed E-state index contributed by atoms with van der Waals surface area (Å²) in [5, 5.41) is 8.96. The molecular formula is C28H35N7O2. The molecule has 1 aromatic carbocycles. The number of carbonyl (C=O) groups is 2. The van der Waals surface area contributed by atoms with Gasteiger partial charge in [0.05, 0.1) is 11.9 Å². The SMILES string of the molecule is C.C.CC.O=C(Nc1ccc(C2=NC3CC(NC(=O)c4ccccn4)=NC=C3N2)cc1)C1=NCCC=C1. The molecule has 0 aliphatic carbocycles. The number of anilines is 1. The molecule has 2 aromatic rings. The number of fused-ring (bicyclic) bond motifs is 1. The monoisotopic (exact) mass is 501 g/mol. The maximum atomic E-state index is 12.3. The minimum atomic E-state index is -0.298. The Bertz CT molecular complexity index is 1240. The highest BCUT2D eigenvalue weighted by atomic mass is 16.2. The lowest BCUT2D eigenvalue weighted by Gasteiger charge is -2.16. The molecule has 1 atom stereocenters. The van der Waals surface area contributed by atoms with Crippen LogP contribution in [0.5, 0.6) is 0 Å². The first-order chi connectivity index (χ1) is 17.2. The predicted molar refractivity (Wildman–Crippen MR) is 151 cm³/mol. The fourth-order valence-corrected chi connectivity index (χ4v) is 3.62. The maximum Gasteiger partial charge on any atom is 0.275 e. The van der Waals surface area contributed by atoms with Gasteiger partial charge in [0.15, 0.2) is 0 Å². The molecule has 194 valence electrons. The van der Waals surface area contributed by atoms with Gasteiger partial charge in [-0.05, 0) is 48.9 Å². The number of hydrogen-bond acceptors (Lipinski definition) is 7. The van der Waals surface area contributed by atoms with Crippen molar-refractivity contribution in [2.75, 3.05) is 11.9 Å². The summed E-state index contributed by atoms with van der Waals surface area (Å²) in [5.41, 5.74) is 3.22. The third-order valence-corrected chi connectivity index (χ3v) is 5.31. The van der Waals surface area contributed by atoms with Gasteiger partial charge < -0.3 is 16.0 Å². The Kier molecular flexibility index (Phi) is 10.6. The topological polar surface area (TPSA) is 120 Å². The summed E-state index contributed by atoms with van der Waals surface area (Å²) in [6, 6.07) is 12.5. The molecule has 37 heavy (non-hydrogen) atoms. The molecule has 3 aliphatic heterocycles. The lowest BCUT2D eigenvalue weighted by Crippen LogP contribution is -2.35. The zero-order valence-electron chi connectivity index (χ0n) is 19.7. The van der Waals surface area contributed by atoms with Gasteiger partial charge in [0.1, 0.15) is 29.1 Å². The second-order valence-corrected chi connectivity index (χ2v) is 7.64. The van der Waals surface area contributed by atoms with Gasteiger partial charge in [-0.15, -0.1) is 0 Å². The molecule has 3 N–H and O–H groups in total. The summed E-state index contributed by atoms with van der Waals surface area (Å²) in [6.45, 7) is 4.64. The van der Waals surface area contributed by atoms with Crippen molar-refractivity contribution in [3.05, 3.63) is 84.0 Å². The van der Waals surface area contributed by atoms with E-state index in [2.05, 4.69) is 30.9 Å². The number of carbonyl (C=O) groups excluding carboxylic acids is 2. The molecule has 0 fully saturated rings. The Morgan fingerprint density at radius 3 is 2.46 bits per heavy atom. The molecule has 0 bridgehead atoms. The number of nitrogens with one attached hydrogen (secondary N) is 3. The highest BCUT2D eigenvalue weighted by Crippen LogP contribution is 2.22. The predicted octanol–water partition coefficient (Wildman–Crippen LogP) is 4.51. The van der Waals surface area contributed by atoms with Crippen LogP contribution in [-0.2, 0) is 4.79 Å². The molecule has 9 nitrogen and oxygen atoms in total. The van der Waals surface area contributed by atoms with Crippen molar-refractivity contribution < 1.29 is 9.59 Å². The Morgan fingerprint density at radius 1 is 1.00 bits per heavy atom. The van der Waals surface area contributed by atoms with Crippen LogP contribution in [0.15, 0.2) is 87.7 Å². The molecule has 2 amide bonds. The van der Waals surface area contributed by atoms with Crippen molar-refractivity contribution in [3.8, 4) is 0 Å². The van der Waals surface area contributed by atoms with Crippen LogP contribution in [0, 0.1) is 0 Å². The summed E-state index contributed by atoms with van der Waals surface area (Å²) >= 11 is 0. The maximum absolute atomic E-state index is 12.3. The van der Waals surface area contributed by atoms with Gasteiger partial charge in [0.2, 0.25) is 0 Å². The minimum absolute atomic E-state index is 0. The molecule has 1 aromatic heterocycles. The van der Waals surface area contributed by atoms with E-state index in [0.29, 0.717) is 35.9 Å². The number of aromatic nitrogens is 1. The van der Waals surface area contributed by atoms with Crippen LogP contribution in [0.2, 0.25) is 0 Å². The van der Waals surface area contributed by atoms with Crippen LogP contribution >= 0.6 is 0 Å². The number of hydrogen-bond donors (Lipinski definition) is 3. The summed E-state index contributed by atoms with van der Waals surface area (Å²) < 4.78 is 0. The lowest BCUT2D eigenvalue weighted by atomic mass is 10.1. The van der Waals surface area contributed by atoms with Gasteiger partial charge >= 0.3 is 0 Å². The van der Waals surface area contributed by atoms with Crippen LogP contribution in [-0.4, -0.2) is 46.8 Å². The third kappa shape index (κ3) is 7.07. The Balaban J connectivity index is 0.00000118. The molecule has 0 spiro atoms. The summed E-state index contributed by atoms with van der Waals surface area (Å²) in [6.07, 6.45) is 8.29. The van der Waals surface area contributed by atoms with Crippen molar-refractivity contribution in [1.29, 1.82) is 0 Å². The number of amidine groups is 2. The van der Waals surface area contributed by atoms with E-state index in [1.165, 1.54) is 0 Å². The Morgan fingerprint density at radius 2 is 1.78 bits per heavy atom. The van der Waals surface area contributed by atoms with E-state index in [1.807, 2.05) is 44.2 Å². The van der Waals surface area contributed by atoms with Crippen molar-refractivity contribution in [3.63, 3.8) is 0 Å². The first-order valence-electron chi connectivity index (χ1n) is 11.6. The average molecular weight is 502 g/mol. The number of amides is 2. The van der Waals surface area contributed by atoms with Gasteiger partial charge in [-0.3, -0.25) is 24.6 Å². The molecule has 4 heterocycles. The molecular weight excluding hydrogens is 466 g/mol. The van der Waals surface area contributed by atoms with Crippen molar-refractivity contribution in [2.24, 2.45) is 15.0 Å². The lowest BCUT2D eigenvalue weighted by molar-refractivity contribution is -0.110. The summed E-state index contributed by atoms with van der Waals surface area (Å²) in [5.74, 6) is 0.748. The zero-order chi connectivity index (χ0) is 24.6. The number of dihydropyridines is 1. The number of rotatable bonds is 4. The molecule has 5 rings (SSSR count). The van der Waals surface area contributed by atoms with Crippen LogP contribution in [0.3, 0.4) is 0 Å². The number of aliphatic imine (C=N–C) groups is 3. The first-order valence-corrected chi connectivity index (χ1v) is 11.6. The molecule has 1 unspecified atom stereocenters. The fraction of sp³-hybridized carbons (Fsp3) is 0.286. The number of nitrogens with zero attached hydrogens (tertiary/aromatic N) is 4. The molecule has 3 aliphatic rings. The Hall–Kier alpha value is -4.40. The highest BCUT2D eigenvalue weighted by Gasteiger charge is 2.28. The van der Waals surface area contributed by atoms with Gasteiger partial charge in [0.25, 0.3) is 11.8 Å². The summed E-state index contributed by atoms with van der Waals surface area (Å²) in [4.78, 5) is 42.0. The molecule has 0 radical (unpaired) electrons. The van der Waals surface area contributed by atoms with E-state index in [9.17, 15) is 9.59 Å². The van der Waals surface area contributed by atoms with E-state index < -0.39 is 0 Å². The zero-order valence-corrected chi connectivity index (χ0v) is 19.7. The Labute approximate surface area is 218 Å². The van der Waals surface area contributed by atoms with Gasteiger partial charge in [0, 0.05) is 30.4 Å². The van der Waals surface area contributed by atoms with E-state index in [0.717, 1.165) is 23.5 Å². The van der Waals surface area contributed by atoms with Crippen molar-refractivity contribution >= 4 is 34.9 Å². The number of pyridine rings is 1. The fourth-order valence-electron chi connectivity index (χ4n) is 3.62. The molecule has 0 saturated heterocycles. The first kappa shape index (κ1) is 28.8. The standard InChI is InChI=1S/C24H21N7O2.C2H6.2CH4/c32-23(17-5-1-3-11-25-17)28-16-9-7-15(8-10-16)22-29-19-13-21(27-14-20(19)30-22)31-24(33)18-6-2-4-12-26-18;1-2;;/h1-2,4-10,12,14,19H,3,11,13H2,(H,28,32)(H,29,30)(H,27,31,33);1-2H3;2*1H4. The average Bonchev–Trinajstić information content (AvgIpc) is 3.35. The van der Waals surface area contributed by atoms with Gasteiger partial charge in [-0.2, -0.15) is 0 Å². The second kappa shape index (κ2) is 13.6. The largest absolute Gasteiger partial charge is 0.340 e. The van der Waals surface area contributed by atoms with E-state index in [-0.39, 0.29) is 32.7 Å². The van der Waals surface area contributed by atoms with Crippen LogP contribution in [0.4, 0.5) is 5.69 Å². The quantitative estimate of drug-likeness (QED) is 0.571. The minimum Gasteiger partial charge on any atom is -0.340 e. The van der Waals surface area contributed by atoms with Gasteiger partial charge in [-0.1, -0.05) is 40.8 Å². The van der Waals surface area contributed by atoms with Crippen molar-refractivity contribution in [2.45, 2.75) is 47.6 Å². The second-order valence-electron chi connectivity index (χ2n) is 7.64. The highest BCUT2D eigenvalue weighted by molar-refractivity contribution is 6.47. The smallest absolute Gasteiger partial charge is 0.275 e. The van der Waals surface area contributed by atoms with E-state index in [4.69, 9.17) is 4.99 Å². The van der Waals surface area contributed by atoms with Crippen LogP contribution < -0.4 is 16.0 Å². The van der Waals surface area contributed by atoms with E-state index >= 15 is 0 Å². The summed E-state index contributed by atoms with van der Waals surface area (Å²) in [7, 11) is 0. The van der Waals surface area contributed by atoms with E-state index in [1.54, 1.807) is 36.7 Å². The van der Waals surface area contributed by atoms with Gasteiger partial charge in [-0.25, -0.2) is 4.99 Å². The number of benzene rings is 1. The van der Waals surface area contributed by atoms with Crippen LogP contribution in [0.25, 0.3) is 0 Å². The third-order valence-electron chi connectivity index (χ3n) is 5.31. The normalized spacial score (nSPS) is 16.9. The van der Waals surface area contributed by atoms with Crippen molar-refractivity contribution in [1.82, 2.24) is 15.6 Å². The molecule has 0 saturated carbocycles.